The van der Waals surface area contributed by atoms with Gasteiger partial charge in [-0.2, -0.15) is 4.31 Å². The van der Waals surface area contributed by atoms with Crippen LogP contribution in [0.25, 0.3) is 0 Å². The van der Waals surface area contributed by atoms with Gasteiger partial charge >= 0.3 is 0 Å². The molecule has 0 heterocycles. The summed E-state index contributed by atoms with van der Waals surface area (Å²) >= 11 is 0. The molecule has 34 heavy (non-hydrogen) atoms. The Labute approximate surface area is 199 Å². The third-order valence-electron chi connectivity index (χ3n) is 5.04. The number of methoxy groups -OCH3 is 3. The fourth-order valence-corrected chi connectivity index (χ4v) is 4.76. The summed E-state index contributed by atoms with van der Waals surface area (Å²) < 4.78 is 49.6. The van der Waals surface area contributed by atoms with Gasteiger partial charge in [0.05, 0.1) is 38.5 Å². The first-order chi connectivity index (χ1) is 16.3. The van der Waals surface area contributed by atoms with Gasteiger partial charge in [-0.1, -0.05) is 17.7 Å². The summed E-state index contributed by atoms with van der Waals surface area (Å²) in [5.41, 5.74) is 1.09. The molecule has 0 unspecified atom stereocenters. The van der Waals surface area contributed by atoms with Gasteiger partial charge in [-0.25, -0.2) is 8.42 Å². The summed E-state index contributed by atoms with van der Waals surface area (Å²) in [6.07, 6.45) is 0. The van der Waals surface area contributed by atoms with Gasteiger partial charge in [0.15, 0.2) is 11.5 Å². The van der Waals surface area contributed by atoms with E-state index in [2.05, 4.69) is 0 Å². The molecule has 9 heteroatoms. The van der Waals surface area contributed by atoms with Gasteiger partial charge in [0, 0.05) is 5.56 Å². The number of nitrogens with zero attached hydrogens (tertiary/aromatic N) is 1. The van der Waals surface area contributed by atoms with Crippen molar-refractivity contribution >= 4 is 21.6 Å². The summed E-state index contributed by atoms with van der Waals surface area (Å²) in [5.74, 6) is 0.507. The average Bonchev–Trinajstić information content (AvgIpc) is 2.84. The van der Waals surface area contributed by atoms with Crippen LogP contribution in [0.15, 0.2) is 65.6 Å². The fraction of sp³-hybridized carbons (Fsp3) is 0.240. The number of benzene rings is 3. The molecular formula is C25H27NO7S. The van der Waals surface area contributed by atoms with Crippen LogP contribution >= 0.6 is 0 Å². The molecule has 0 aliphatic rings. The summed E-state index contributed by atoms with van der Waals surface area (Å²) in [7, 11) is 0.00328. The lowest BCUT2D eigenvalue weighted by atomic mass is 10.1. The molecule has 0 bridgehead atoms. The molecule has 0 saturated heterocycles. The lowest BCUT2D eigenvalue weighted by Crippen LogP contribution is -2.37. The first kappa shape index (κ1) is 24.9. The standard InChI is InChI=1S/C25H27NO7S/c1-6-33-20-11-9-19(10-12-20)26(34(28,29)21-13-7-17(2)8-14-21)25(27)18-15-22(30-3)24(32-5)23(16-18)31-4/h7-16H,6H2,1-5H3. The maximum absolute atomic E-state index is 13.7. The van der Waals surface area contributed by atoms with Crippen molar-refractivity contribution in [2.24, 2.45) is 0 Å². The van der Waals surface area contributed by atoms with Crippen LogP contribution in [0, 0.1) is 6.92 Å². The second-order valence-corrected chi connectivity index (χ2v) is 9.02. The first-order valence-corrected chi connectivity index (χ1v) is 11.9. The van der Waals surface area contributed by atoms with Crippen molar-refractivity contribution < 1.29 is 32.2 Å². The molecule has 3 aromatic rings. The Morgan fingerprint density at radius 3 is 1.88 bits per heavy atom. The predicted molar refractivity (Wildman–Crippen MR) is 129 cm³/mol. The van der Waals surface area contributed by atoms with Crippen molar-refractivity contribution in [2.45, 2.75) is 18.7 Å². The topological polar surface area (TPSA) is 91.4 Å². The quantitative estimate of drug-likeness (QED) is 0.442. The van der Waals surface area contributed by atoms with Crippen molar-refractivity contribution in [3.8, 4) is 23.0 Å². The molecule has 180 valence electrons. The minimum atomic E-state index is -4.27. The minimum absolute atomic E-state index is 0.0206. The molecule has 0 fully saturated rings. The molecule has 0 aliphatic heterocycles. The summed E-state index contributed by atoms with van der Waals surface area (Å²) in [5, 5.41) is 0. The van der Waals surface area contributed by atoms with Crippen LogP contribution in [0.4, 0.5) is 5.69 Å². The number of hydrogen-bond donors (Lipinski definition) is 0. The SMILES string of the molecule is CCOc1ccc(N(C(=O)c2cc(OC)c(OC)c(OC)c2)S(=O)(=O)c2ccc(C)cc2)cc1. The van der Waals surface area contributed by atoms with Crippen LogP contribution in [-0.2, 0) is 10.0 Å². The Hall–Kier alpha value is -3.72. The van der Waals surface area contributed by atoms with Gasteiger partial charge in [0.1, 0.15) is 5.75 Å². The molecule has 0 radical (unpaired) electrons. The molecule has 8 nitrogen and oxygen atoms in total. The zero-order valence-electron chi connectivity index (χ0n) is 19.7. The number of ether oxygens (including phenoxy) is 4. The highest BCUT2D eigenvalue weighted by molar-refractivity contribution is 7.93. The van der Waals surface area contributed by atoms with E-state index in [1.54, 1.807) is 24.3 Å². The van der Waals surface area contributed by atoms with E-state index >= 15 is 0 Å². The van der Waals surface area contributed by atoms with Gasteiger partial charge in [-0.05, 0) is 62.4 Å². The molecule has 0 aliphatic carbocycles. The Kier molecular flexibility index (Phi) is 7.68. The second kappa shape index (κ2) is 10.5. The number of aryl methyl sites for hydroxylation is 1. The molecule has 0 saturated carbocycles. The third-order valence-corrected chi connectivity index (χ3v) is 6.76. The number of carbonyl (C=O) groups is 1. The van der Waals surface area contributed by atoms with Crippen molar-refractivity contribution in [3.05, 3.63) is 71.8 Å². The number of hydrogen-bond acceptors (Lipinski definition) is 7. The highest BCUT2D eigenvalue weighted by Gasteiger charge is 2.33. The third kappa shape index (κ3) is 4.94. The first-order valence-electron chi connectivity index (χ1n) is 10.5. The smallest absolute Gasteiger partial charge is 0.272 e. The molecule has 0 aromatic heterocycles. The zero-order valence-corrected chi connectivity index (χ0v) is 20.5. The number of carbonyl (C=O) groups excluding carboxylic acids is 1. The number of rotatable bonds is 9. The van der Waals surface area contributed by atoms with E-state index in [0.29, 0.717) is 12.4 Å². The predicted octanol–water partition coefficient (Wildman–Crippen LogP) is 4.46. The maximum atomic E-state index is 13.7. The van der Waals surface area contributed by atoms with Crippen LogP contribution < -0.4 is 23.3 Å². The number of sulfonamides is 1. The van der Waals surface area contributed by atoms with Gasteiger partial charge in [-0.3, -0.25) is 4.79 Å². The number of anilines is 1. The van der Waals surface area contributed by atoms with E-state index in [-0.39, 0.29) is 33.4 Å². The summed E-state index contributed by atoms with van der Waals surface area (Å²) in [4.78, 5) is 13.7. The van der Waals surface area contributed by atoms with Gasteiger partial charge in [0.25, 0.3) is 15.9 Å². The van der Waals surface area contributed by atoms with E-state index in [4.69, 9.17) is 18.9 Å². The van der Waals surface area contributed by atoms with Crippen LogP contribution in [-0.4, -0.2) is 42.3 Å². The minimum Gasteiger partial charge on any atom is -0.494 e. The summed E-state index contributed by atoms with van der Waals surface area (Å²) in [6.45, 7) is 4.15. The molecular weight excluding hydrogens is 458 g/mol. The van der Waals surface area contributed by atoms with Crippen molar-refractivity contribution in [1.29, 1.82) is 0 Å². The van der Waals surface area contributed by atoms with Crippen LogP contribution in [0.3, 0.4) is 0 Å². The van der Waals surface area contributed by atoms with E-state index in [1.165, 1.54) is 57.7 Å². The van der Waals surface area contributed by atoms with Crippen LogP contribution in [0.5, 0.6) is 23.0 Å². The van der Waals surface area contributed by atoms with E-state index in [9.17, 15) is 13.2 Å². The molecule has 0 atom stereocenters. The summed E-state index contributed by atoms with van der Waals surface area (Å²) in [6, 6.07) is 15.4. The second-order valence-electron chi connectivity index (χ2n) is 7.23. The molecule has 1 amide bonds. The lowest BCUT2D eigenvalue weighted by molar-refractivity contribution is 0.100. The number of amides is 1. The monoisotopic (exact) mass is 485 g/mol. The Balaban J connectivity index is 2.19. The highest BCUT2D eigenvalue weighted by Crippen LogP contribution is 2.39. The van der Waals surface area contributed by atoms with Crippen LogP contribution in [0.1, 0.15) is 22.8 Å². The normalized spacial score (nSPS) is 11.0. The van der Waals surface area contributed by atoms with E-state index < -0.39 is 15.9 Å². The van der Waals surface area contributed by atoms with Crippen molar-refractivity contribution in [3.63, 3.8) is 0 Å². The van der Waals surface area contributed by atoms with Crippen molar-refractivity contribution in [2.75, 3.05) is 32.2 Å². The molecule has 0 N–H and O–H groups in total. The average molecular weight is 486 g/mol. The Bertz CT molecular complexity index is 1230. The van der Waals surface area contributed by atoms with Gasteiger partial charge < -0.3 is 18.9 Å². The maximum Gasteiger partial charge on any atom is 0.272 e. The van der Waals surface area contributed by atoms with Gasteiger partial charge in [-0.15, -0.1) is 0 Å². The van der Waals surface area contributed by atoms with Gasteiger partial charge in [0.2, 0.25) is 5.75 Å². The zero-order chi connectivity index (χ0) is 24.9. The fourth-order valence-electron chi connectivity index (χ4n) is 3.35. The Morgan fingerprint density at radius 2 is 1.41 bits per heavy atom. The van der Waals surface area contributed by atoms with E-state index in [0.717, 1.165) is 9.87 Å². The molecule has 3 rings (SSSR count). The molecule has 0 spiro atoms. The van der Waals surface area contributed by atoms with E-state index in [1.807, 2.05) is 13.8 Å². The van der Waals surface area contributed by atoms with Crippen LogP contribution in [0.2, 0.25) is 0 Å². The Morgan fingerprint density at radius 1 is 0.853 bits per heavy atom. The largest absolute Gasteiger partial charge is 0.494 e. The molecule has 3 aromatic carbocycles. The lowest BCUT2D eigenvalue weighted by Gasteiger charge is -2.24. The van der Waals surface area contributed by atoms with Crippen molar-refractivity contribution in [1.82, 2.24) is 0 Å². The highest BCUT2D eigenvalue weighted by atomic mass is 32.2.